The third-order valence-electron chi connectivity index (χ3n) is 4.41. The van der Waals surface area contributed by atoms with Crippen molar-refractivity contribution in [1.82, 2.24) is 15.3 Å². The topological polar surface area (TPSA) is 66.9 Å². The largest absolute Gasteiger partial charge is 0.370 e. The molecule has 0 bridgehead atoms. The number of hydrogen-bond acceptors (Lipinski definition) is 4. The minimum atomic E-state index is 0.196. The van der Waals surface area contributed by atoms with Crippen LogP contribution in [-0.4, -0.2) is 29.5 Å². The van der Waals surface area contributed by atoms with E-state index in [2.05, 4.69) is 27.5 Å². The number of carbonyl (C=O) groups excluding carboxylic acids is 1. The highest BCUT2D eigenvalue weighted by atomic mass is 16.1. The van der Waals surface area contributed by atoms with Crippen LogP contribution in [0.1, 0.15) is 50.5 Å². The van der Waals surface area contributed by atoms with E-state index in [0.717, 1.165) is 62.4 Å². The molecule has 1 aromatic heterocycles. The fourth-order valence-corrected chi connectivity index (χ4v) is 3.14. The van der Waals surface area contributed by atoms with Crippen molar-refractivity contribution in [2.75, 3.05) is 18.9 Å². The second-order valence-corrected chi connectivity index (χ2v) is 6.27. The van der Waals surface area contributed by atoms with Crippen LogP contribution in [0.25, 0.3) is 0 Å². The van der Waals surface area contributed by atoms with Crippen LogP contribution in [0.3, 0.4) is 0 Å². The van der Waals surface area contributed by atoms with Gasteiger partial charge in [-0.05, 0) is 44.9 Å². The van der Waals surface area contributed by atoms with E-state index in [0.29, 0.717) is 5.92 Å². The lowest BCUT2D eigenvalue weighted by Gasteiger charge is -2.27. The van der Waals surface area contributed by atoms with Gasteiger partial charge >= 0.3 is 0 Å². The number of anilines is 1. The number of carbonyl (C=O) groups is 1. The van der Waals surface area contributed by atoms with E-state index in [1.165, 1.54) is 0 Å². The third kappa shape index (κ3) is 4.68. The lowest BCUT2D eigenvalue weighted by molar-refractivity contribution is -0.125. The van der Waals surface area contributed by atoms with Gasteiger partial charge in [0, 0.05) is 37.7 Å². The van der Waals surface area contributed by atoms with Gasteiger partial charge in [-0.15, -0.1) is 0 Å². The van der Waals surface area contributed by atoms with E-state index < -0.39 is 0 Å². The summed E-state index contributed by atoms with van der Waals surface area (Å²) in [6.07, 6.45) is 6.19. The lowest BCUT2D eigenvalue weighted by Crippen LogP contribution is -2.32. The predicted molar refractivity (Wildman–Crippen MR) is 88.8 cm³/mol. The SMILES string of the molecule is CCCc1nc(C)cc(NCC2CCC(C(=O)NC)CC2)n1. The molecule has 0 aliphatic heterocycles. The monoisotopic (exact) mass is 304 g/mol. The number of amides is 1. The molecule has 2 N–H and O–H groups in total. The fraction of sp³-hybridized carbons (Fsp3) is 0.706. The van der Waals surface area contributed by atoms with Crippen LogP contribution in [0.5, 0.6) is 0 Å². The molecule has 0 unspecified atom stereocenters. The summed E-state index contributed by atoms with van der Waals surface area (Å²) in [7, 11) is 1.72. The van der Waals surface area contributed by atoms with E-state index in [4.69, 9.17) is 0 Å². The predicted octanol–water partition coefficient (Wildman–Crippen LogP) is 2.70. The minimum absolute atomic E-state index is 0.196. The molecule has 2 rings (SSSR count). The molecule has 0 saturated heterocycles. The van der Waals surface area contributed by atoms with Crippen LogP contribution in [0.2, 0.25) is 0 Å². The highest BCUT2D eigenvalue weighted by Gasteiger charge is 2.25. The first kappa shape index (κ1) is 16.7. The molecule has 0 spiro atoms. The van der Waals surface area contributed by atoms with Crippen molar-refractivity contribution < 1.29 is 4.79 Å². The highest BCUT2D eigenvalue weighted by molar-refractivity contribution is 5.78. The molecule has 0 aromatic carbocycles. The summed E-state index contributed by atoms with van der Waals surface area (Å²) in [5, 5.41) is 6.22. The Morgan fingerprint density at radius 3 is 2.64 bits per heavy atom. The van der Waals surface area contributed by atoms with Crippen LogP contribution in [0.15, 0.2) is 6.07 Å². The number of rotatable bonds is 6. The normalized spacial score (nSPS) is 21.4. The van der Waals surface area contributed by atoms with E-state index in [9.17, 15) is 4.79 Å². The second kappa shape index (κ2) is 8.11. The van der Waals surface area contributed by atoms with Gasteiger partial charge in [-0.25, -0.2) is 9.97 Å². The summed E-state index contributed by atoms with van der Waals surface area (Å²) in [5.74, 6) is 2.89. The van der Waals surface area contributed by atoms with Crippen LogP contribution >= 0.6 is 0 Å². The van der Waals surface area contributed by atoms with Crippen LogP contribution in [0, 0.1) is 18.8 Å². The molecule has 1 aromatic rings. The number of aromatic nitrogens is 2. The molecule has 1 heterocycles. The Kier molecular flexibility index (Phi) is 6.16. The Labute approximate surface area is 133 Å². The maximum absolute atomic E-state index is 11.6. The van der Waals surface area contributed by atoms with Gasteiger partial charge in [0.15, 0.2) is 0 Å². The van der Waals surface area contributed by atoms with Crippen molar-refractivity contribution in [3.63, 3.8) is 0 Å². The number of nitrogens with one attached hydrogen (secondary N) is 2. The highest BCUT2D eigenvalue weighted by Crippen LogP contribution is 2.29. The van der Waals surface area contributed by atoms with Crippen LogP contribution in [0.4, 0.5) is 5.82 Å². The Morgan fingerprint density at radius 2 is 2.00 bits per heavy atom. The molecule has 0 atom stereocenters. The first-order valence-electron chi connectivity index (χ1n) is 8.42. The summed E-state index contributed by atoms with van der Waals surface area (Å²) in [5.41, 5.74) is 1.02. The number of aryl methyl sites for hydroxylation is 2. The van der Waals surface area contributed by atoms with E-state index in [-0.39, 0.29) is 11.8 Å². The molecular weight excluding hydrogens is 276 g/mol. The molecule has 1 aliphatic carbocycles. The Hall–Kier alpha value is -1.65. The summed E-state index contributed by atoms with van der Waals surface area (Å²) < 4.78 is 0. The first-order chi connectivity index (χ1) is 10.6. The Morgan fingerprint density at radius 1 is 1.27 bits per heavy atom. The third-order valence-corrected chi connectivity index (χ3v) is 4.41. The van der Waals surface area contributed by atoms with Gasteiger partial charge in [-0.1, -0.05) is 6.92 Å². The van der Waals surface area contributed by atoms with Crippen molar-refractivity contribution in [3.05, 3.63) is 17.6 Å². The van der Waals surface area contributed by atoms with E-state index in [1.807, 2.05) is 13.0 Å². The zero-order valence-corrected chi connectivity index (χ0v) is 14.0. The Balaban J connectivity index is 1.83. The molecule has 22 heavy (non-hydrogen) atoms. The lowest BCUT2D eigenvalue weighted by atomic mass is 9.81. The second-order valence-electron chi connectivity index (χ2n) is 6.27. The van der Waals surface area contributed by atoms with Gasteiger partial charge in [-0.2, -0.15) is 0 Å². The van der Waals surface area contributed by atoms with Gasteiger partial charge in [0.25, 0.3) is 0 Å². The summed E-state index contributed by atoms with van der Waals surface area (Å²) >= 11 is 0. The smallest absolute Gasteiger partial charge is 0.222 e. The molecule has 122 valence electrons. The van der Waals surface area contributed by atoms with Gasteiger partial charge in [0.05, 0.1) is 0 Å². The average Bonchev–Trinajstić information content (AvgIpc) is 2.52. The molecule has 5 heteroatoms. The molecule has 0 radical (unpaired) electrons. The zero-order chi connectivity index (χ0) is 15.9. The van der Waals surface area contributed by atoms with E-state index >= 15 is 0 Å². The van der Waals surface area contributed by atoms with Crippen molar-refractivity contribution in [2.45, 2.75) is 52.4 Å². The number of hydrogen-bond donors (Lipinski definition) is 2. The zero-order valence-electron chi connectivity index (χ0n) is 14.0. The quantitative estimate of drug-likeness (QED) is 0.848. The van der Waals surface area contributed by atoms with Crippen LogP contribution in [-0.2, 0) is 11.2 Å². The fourth-order valence-electron chi connectivity index (χ4n) is 3.14. The van der Waals surface area contributed by atoms with Crippen LogP contribution < -0.4 is 10.6 Å². The molecule has 5 nitrogen and oxygen atoms in total. The van der Waals surface area contributed by atoms with Crippen molar-refractivity contribution in [1.29, 1.82) is 0 Å². The average molecular weight is 304 g/mol. The molecular formula is C17H28N4O. The minimum Gasteiger partial charge on any atom is -0.370 e. The van der Waals surface area contributed by atoms with E-state index in [1.54, 1.807) is 7.05 Å². The Bertz CT molecular complexity index is 495. The maximum Gasteiger partial charge on any atom is 0.222 e. The molecule has 1 amide bonds. The summed E-state index contributed by atoms with van der Waals surface area (Å²) in [4.78, 5) is 20.7. The van der Waals surface area contributed by atoms with Gasteiger partial charge in [-0.3, -0.25) is 4.79 Å². The summed E-state index contributed by atoms with van der Waals surface area (Å²) in [6, 6.07) is 2.01. The maximum atomic E-state index is 11.6. The van der Waals surface area contributed by atoms with Gasteiger partial charge < -0.3 is 10.6 Å². The molecule has 1 saturated carbocycles. The van der Waals surface area contributed by atoms with Crippen molar-refractivity contribution in [3.8, 4) is 0 Å². The van der Waals surface area contributed by atoms with Crippen molar-refractivity contribution in [2.24, 2.45) is 11.8 Å². The number of nitrogens with zero attached hydrogens (tertiary/aromatic N) is 2. The molecule has 1 aliphatic rings. The van der Waals surface area contributed by atoms with Gasteiger partial charge in [0.2, 0.25) is 5.91 Å². The van der Waals surface area contributed by atoms with Gasteiger partial charge in [0.1, 0.15) is 11.6 Å². The standard InChI is InChI=1S/C17H28N4O/c1-4-5-15-20-12(2)10-16(21-15)19-11-13-6-8-14(9-7-13)17(22)18-3/h10,13-14H,4-9,11H2,1-3H3,(H,18,22)(H,19,20,21). The summed E-state index contributed by atoms with van der Waals surface area (Å²) in [6.45, 7) is 5.09. The van der Waals surface area contributed by atoms with Crippen molar-refractivity contribution >= 4 is 11.7 Å². The first-order valence-corrected chi connectivity index (χ1v) is 8.42. The molecule has 1 fully saturated rings.